The van der Waals surface area contributed by atoms with Crippen LogP contribution in [0.15, 0.2) is 60.7 Å². The monoisotopic (exact) mass is 374 g/mol. The molecule has 0 aliphatic carbocycles. The lowest BCUT2D eigenvalue weighted by Gasteiger charge is -2.37. The number of hydrogen-bond donors (Lipinski definition) is 1. The first-order valence-corrected chi connectivity index (χ1v) is 9.65. The number of benzene rings is 2. The molecule has 0 aromatic heterocycles. The van der Waals surface area contributed by atoms with Gasteiger partial charge in [-0.05, 0) is 30.7 Å². The van der Waals surface area contributed by atoms with Crippen molar-refractivity contribution < 1.29 is 4.79 Å². The molecule has 2 aromatic rings. The molecule has 3 rings (SSSR count). The first-order valence-electron chi connectivity index (χ1n) is 9.65. The maximum atomic E-state index is 12.6. The van der Waals surface area contributed by atoms with Crippen molar-refractivity contribution in [1.29, 1.82) is 5.26 Å². The van der Waals surface area contributed by atoms with Gasteiger partial charge in [0, 0.05) is 38.4 Å². The Balaban J connectivity index is 1.45. The summed E-state index contributed by atoms with van der Waals surface area (Å²) in [5, 5.41) is 11.9. The lowest BCUT2D eigenvalue weighted by Crippen LogP contribution is -2.52. The number of nitriles is 1. The van der Waals surface area contributed by atoms with Crippen LogP contribution in [0.2, 0.25) is 0 Å². The first-order chi connectivity index (χ1) is 13.7. The molecule has 5 heteroatoms. The van der Waals surface area contributed by atoms with Crippen LogP contribution in [0, 0.1) is 11.3 Å². The maximum Gasteiger partial charge on any atom is 0.241 e. The molecule has 0 radical (unpaired) electrons. The van der Waals surface area contributed by atoms with E-state index in [0.717, 1.165) is 32.7 Å². The third-order valence-corrected chi connectivity index (χ3v) is 5.07. The van der Waals surface area contributed by atoms with E-state index in [-0.39, 0.29) is 11.9 Å². The smallest absolute Gasteiger partial charge is 0.241 e. The maximum absolute atomic E-state index is 12.6. The number of rotatable bonds is 6. The van der Waals surface area contributed by atoms with E-state index < -0.39 is 0 Å². The highest BCUT2D eigenvalue weighted by atomic mass is 16.2. The molecule has 0 spiro atoms. The van der Waals surface area contributed by atoms with Crippen LogP contribution in [0.1, 0.15) is 18.1 Å². The molecule has 1 atom stereocenters. The topological polar surface area (TPSA) is 59.4 Å². The summed E-state index contributed by atoms with van der Waals surface area (Å²) < 4.78 is 0. The van der Waals surface area contributed by atoms with Gasteiger partial charge in [-0.1, -0.05) is 48.6 Å². The number of nitrogens with one attached hydrogen (secondary N) is 1. The molecular formula is C23H26N4O. The number of anilines is 1. The van der Waals surface area contributed by atoms with E-state index in [9.17, 15) is 4.79 Å². The second-order valence-electron chi connectivity index (χ2n) is 7.01. The minimum Gasteiger partial charge on any atom is -0.325 e. The average molecular weight is 374 g/mol. The average Bonchev–Trinajstić information content (AvgIpc) is 2.74. The number of carbonyl (C=O) groups is 1. The number of piperazine rings is 1. The predicted molar refractivity (Wildman–Crippen MR) is 113 cm³/mol. The van der Waals surface area contributed by atoms with Gasteiger partial charge in [-0.3, -0.25) is 14.6 Å². The van der Waals surface area contributed by atoms with Gasteiger partial charge in [0.15, 0.2) is 0 Å². The Bertz CT molecular complexity index is 848. The van der Waals surface area contributed by atoms with Crippen LogP contribution in [0.3, 0.4) is 0 Å². The van der Waals surface area contributed by atoms with Gasteiger partial charge in [0.05, 0.1) is 17.7 Å². The Kier molecular flexibility index (Phi) is 6.96. The van der Waals surface area contributed by atoms with Crippen molar-refractivity contribution in [2.75, 3.05) is 38.0 Å². The van der Waals surface area contributed by atoms with E-state index in [2.05, 4.69) is 45.5 Å². The van der Waals surface area contributed by atoms with Crippen LogP contribution >= 0.6 is 0 Å². The molecule has 1 N–H and O–H groups in total. The summed E-state index contributed by atoms with van der Waals surface area (Å²) in [5.74, 6) is -0.0347. The number of carbonyl (C=O) groups excluding carboxylic acids is 1. The zero-order valence-electron chi connectivity index (χ0n) is 16.2. The van der Waals surface area contributed by atoms with Gasteiger partial charge in [-0.15, -0.1) is 0 Å². The van der Waals surface area contributed by atoms with Crippen LogP contribution in [0.4, 0.5) is 5.69 Å². The standard InChI is InChI=1S/C23H26N4O/c1-19(23(28)25-22-11-5-9-21(17-22)18-24)27-15-13-26(14-16-27)12-6-10-20-7-3-2-4-8-20/h2-11,17,19H,12-16H2,1H3,(H,25,28). The molecule has 1 unspecified atom stereocenters. The largest absolute Gasteiger partial charge is 0.325 e. The Hall–Kier alpha value is -2.94. The molecule has 5 nitrogen and oxygen atoms in total. The van der Waals surface area contributed by atoms with E-state index in [4.69, 9.17) is 5.26 Å². The molecule has 2 aromatic carbocycles. The Morgan fingerprint density at radius 2 is 1.89 bits per heavy atom. The van der Waals surface area contributed by atoms with Gasteiger partial charge < -0.3 is 5.32 Å². The van der Waals surface area contributed by atoms with Crippen LogP contribution in [-0.4, -0.2) is 54.5 Å². The van der Waals surface area contributed by atoms with Crippen molar-refractivity contribution in [2.24, 2.45) is 0 Å². The highest BCUT2D eigenvalue weighted by Gasteiger charge is 2.25. The molecule has 0 bridgehead atoms. The van der Waals surface area contributed by atoms with Crippen molar-refractivity contribution in [2.45, 2.75) is 13.0 Å². The van der Waals surface area contributed by atoms with E-state index >= 15 is 0 Å². The molecular weight excluding hydrogens is 348 g/mol. The van der Waals surface area contributed by atoms with Crippen LogP contribution in [0.5, 0.6) is 0 Å². The number of amides is 1. The molecule has 1 saturated heterocycles. The fourth-order valence-corrected chi connectivity index (χ4v) is 3.31. The second kappa shape index (κ2) is 9.84. The first kappa shape index (κ1) is 19.8. The fraction of sp³-hybridized carbons (Fsp3) is 0.304. The number of hydrogen-bond acceptors (Lipinski definition) is 4. The summed E-state index contributed by atoms with van der Waals surface area (Å²) in [7, 11) is 0. The summed E-state index contributed by atoms with van der Waals surface area (Å²) in [6, 6.07) is 19.2. The molecule has 1 fully saturated rings. The lowest BCUT2D eigenvalue weighted by molar-refractivity contribution is -0.121. The summed E-state index contributed by atoms with van der Waals surface area (Å²) in [6.45, 7) is 6.48. The highest BCUT2D eigenvalue weighted by molar-refractivity contribution is 5.94. The molecule has 144 valence electrons. The molecule has 1 aliphatic rings. The van der Waals surface area contributed by atoms with Gasteiger partial charge in [-0.2, -0.15) is 5.26 Å². The molecule has 1 amide bonds. The Labute approximate surface area is 166 Å². The molecule has 28 heavy (non-hydrogen) atoms. The summed E-state index contributed by atoms with van der Waals surface area (Å²) in [5.41, 5.74) is 2.43. The van der Waals surface area contributed by atoms with Gasteiger partial charge in [0.2, 0.25) is 5.91 Å². The summed E-state index contributed by atoms with van der Waals surface area (Å²) in [6.07, 6.45) is 4.35. The van der Waals surface area contributed by atoms with Crippen molar-refractivity contribution in [3.8, 4) is 6.07 Å². The van der Waals surface area contributed by atoms with E-state index in [1.807, 2.05) is 31.2 Å². The van der Waals surface area contributed by atoms with Crippen molar-refractivity contribution in [3.05, 3.63) is 71.8 Å². The third-order valence-electron chi connectivity index (χ3n) is 5.07. The van der Waals surface area contributed by atoms with Crippen LogP contribution in [-0.2, 0) is 4.79 Å². The zero-order chi connectivity index (χ0) is 19.8. The lowest BCUT2D eigenvalue weighted by atomic mass is 10.2. The van der Waals surface area contributed by atoms with Crippen molar-refractivity contribution in [3.63, 3.8) is 0 Å². The van der Waals surface area contributed by atoms with Gasteiger partial charge in [0.25, 0.3) is 0 Å². The van der Waals surface area contributed by atoms with Crippen LogP contribution < -0.4 is 5.32 Å². The van der Waals surface area contributed by atoms with E-state index in [1.54, 1.807) is 18.2 Å². The van der Waals surface area contributed by atoms with Gasteiger partial charge in [-0.25, -0.2) is 0 Å². The Morgan fingerprint density at radius 1 is 1.14 bits per heavy atom. The van der Waals surface area contributed by atoms with Crippen molar-refractivity contribution in [1.82, 2.24) is 9.80 Å². The minimum atomic E-state index is -0.201. The molecule has 1 heterocycles. The summed E-state index contributed by atoms with van der Waals surface area (Å²) in [4.78, 5) is 17.2. The normalized spacial score (nSPS) is 16.6. The quantitative estimate of drug-likeness (QED) is 0.843. The summed E-state index contributed by atoms with van der Waals surface area (Å²) >= 11 is 0. The number of nitrogens with zero attached hydrogens (tertiary/aromatic N) is 3. The second-order valence-corrected chi connectivity index (χ2v) is 7.01. The van der Waals surface area contributed by atoms with Crippen molar-refractivity contribution >= 4 is 17.7 Å². The zero-order valence-corrected chi connectivity index (χ0v) is 16.2. The fourth-order valence-electron chi connectivity index (χ4n) is 3.31. The van der Waals surface area contributed by atoms with E-state index in [1.165, 1.54) is 5.56 Å². The van der Waals surface area contributed by atoms with Crippen LogP contribution in [0.25, 0.3) is 6.08 Å². The third kappa shape index (κ3) is 5.53. The minimum absolute atomic E-state index is 0.0347. The van der Waals surface area contributed by atoms with Gasteiger partial charge >= 0.3 is 0 Å². The van der Waals surface area contributed by atoms with Gasteiger partial charge in [0.1, 0.15) is 0 Å². The molecule has 1 aliphatic heterocycles. The predicted octanol–water partition coefficient (Wildman–Crippen LogP) is 3.22. The van der Waals surface area contributed by atoms with E-state index in [0.29, 0.717) is 11.3 Å². The Morgan fingerprint density at radius 3 is 2.61 bits per heavy atom. The SMILES string of the molecule is CC(C(=O)Nc1cccc(C#N)c1)N1CCN(CC=Cc2ccccc2)CC1. The molecule has 0 saturated carbocycles. The highest BCUT2D eigenvalue weighted by Crippen LogP contribution is 2.13.